The third-order valence-corrected chi connectivity index (χ3v) is 9.75. The molecule has 33 heavy (non-hydrogen) atoms. The van der Waals surface area contributed by atoms with Crippen LogP contribution >= 0.6 is 0 Å². The molecule has 0 saturated heterocycles. The number of rotatable bonds is 5. The molecule has 0 radical (unpaired) electrons. The van der Waals surface area contributed by atoms with Crippen LogP contribution in [0.1, 0.15) is 81.8 Å². The molecule has 3 aromatic rings. The molecule has 0 spiro atoms. The first kappa shape index (κ1) is 24.3. The maximum atomic E-state index is 13.9. The van der Waals surface area contributed by atoms with E-state index in [1.165, 1.54) is 0 Å². The molecule has 0 aliphatic heterocycles. The summed E-state index contributed by atoms with van der Waals surface area (Å²) in [5, 5.41) is 0.940. The van der Waals surface area contributed by atoms with Crippen molar-refractivity contribution in [3.63, 3.8) is 0 Å². The van der Waals surface area contributed by atoms with Crippen LogP contribution < -0.4 is 4.72 Å². The quantitative estimate of drug-likeness (QED) is 0.467. The third kappa shape index (κ3) is 4.48. The second kappa shape index (κ2) is 8.77. The standard InChI is InChI=1S/C26H34N2O3S2/c1-17(2)19-12-15-23-21(16-19)25-22(27-32(29)26(4,5)6)8-7-9-24(25)28(23)33(30,31)20-13-10-18(3)11-14-20/h10-17,22,27H,7-9H2,1-6H3/t22-,32?/m1/s1. The van der Waals surface area contributed by atoms with Crippen molar-refractivity contribution in [3.05, 3.63) is 64.8 Å². The Labute approximate surface area is 201 Å². The van der Waals surface area contributed by atoms with E-state index in [4.69, 9.17) is 0 Å². The summed E-state index contributed by atoms with van der Waals surface area (Å²) in [5.74, 6) is 0.320. The summed E-state index contributed by atoms with van der Waals surface area (Å²) in [6.07, 6.45) is 2.33. The zero-order chi connectivity index (χ0) is 24.1. The lowest BCUT2D eigenvalue weighted by Crippen LogP contribution is -2.42. The SMILES string of the molecule is Cc1ccc(S(=O)(=O)n2c3c(c4cc(C(C)C)ccc42)[C@H](N[S+]([O-])C(C)(C)C)CCC3)cc1. The van der Waals surface area contributed by atoms with Gasteiger partial charge in [0.15, 0.2) is 0 Å². The summed E-state index contributed by atoms with van der Waals surface area (Å²) < 4.78 is 45.2. The molecule has 178 valence electrons. The number of nitrogens with zero attached hydrogens (tertiary/aromatic N) is 1. The largest absolute Gasteiger partial charge is 0.598 e. The van der Waals surface area contributed by atoms with Crippen molar-refractivity contribution in [1.82, 2.24) is 8.69 Å². The van der Waals surface area contributed by atoms with E-state index >= 15 is 0 Å². The maximum Gasteiger partial charge on any atom is 0.268 e. The van der Waals surface area contributed by atoms with Crippen LogP contribution in [-0.2, 0) is 27.8 Å². The Kier molecular flexibility index (Phi) is 6.46. The number of fused-ring (bicyclic) bond motifs is 3. The minimum Gasteiger partial charge on any atom is -0.598 e. The lowest BCUT2D eigenvalue weighted by molar-refractivity contribution is 0.488. The number of hydrogen-bond acceptors (Lipinski definition) is 4. The highest BCUT2D eigenvalue weighted by atomic mass is 32.2. The Balaban J connectivity index is 1.97. The molecule has 0 fully saturated rings. The molecule has 7 heteroatoms. The molecule has 0 saturated carbocycles. The summed E-state index contributed by atoms with van der Waals surface area (Å²) in [6.45, 7) is 12.1. The molecule has 2 atom stereocenters. The summed E-state index contributed by atoms with van der Waals surface area (Å²) in [4.78, 5) is 0.286. The van der Waals surface area contributed by atoms with Crippen LogP contribution in [0.5, 0.6) is 0 Å². The van der Waals surface area contributed by atoms with Crippen molar-refractivity contribution in [2.45, 2.75) is 82.4 Å². The van der Waals surface area contributed by atoms with Crippen LogP contribution in [0.4, 0.5) is 0 Å². The van der Waals surface area contributed by atoms with Gasteiger partial charge in [-0.15, -0.1) is 4.72 Å². The van der Waals surface area contributed by atoms with Gasteiger partial charge >= 0.3 is 0 Å². The van der Waals surface area contributed by atoms with Crippen LogP contribution in [0.15, 0.2) is 47.4 Å². The molecule has 4 rings (SSSR count). The highest BCUT2D eigenvalue weighted by molar-refractivity contribution is 7.91. The van der Waals surface area contributed by atoms with Crippen molar-refractivity contribution in [2.24, 2.45) is 0 Å². The van der Waals surface area contributed by atoms with Gasteiger partial charge in [-0.05, 0) is 82.7 Å². The minimum atomic E-state index is -3.78. The predicted molar refractivity (Wildman–Crippen MR) is 136 cm³/mol. The third-order valence-electron chi connectivity index (χ3n) is 6.37. The molecule has 1 aromatic heterocycles. The average Bonchev–Trinajstić information content (AvgIpc) is 3.08. The molecular formula is C26H34N2O3S2. The zero-order valence-corrected chi connectivity index (χ0v) is 21.9. The normalized spacial score (nSPS) is 18.0. The molecule has 1 aliphatic rings. The summed E-state index contributed by atoms with van der Waals surface area (Å²) in [7, 11) is -3.78. The van der Waals surface area contributed by atoms with E-state index in [0.29, 0.717) is 17.9 Å². The van der Waals surface area contributed by atoms with Gasteiger partial charge in [-0.3, -0.25) is 0 Å². The molecule has 0 bridgehead atoms. The van der Waals surface area contributed by atoms with Gasteiger partial charge in [0.25, 0.3) is 10.0 Å². The monoisotopic (exact) mass is 486 g/mol. The predicted octanol–water partition coefficient (Wildman–Crippen LogP) is 5.74. The second-order valence-electron chi connectivity index (χ2n) is 10.3. The Hall–Kier alpha value is -1.80. The molecule has 1 unspecified atom stereocenters. The van der Waals surface area contributed by atoms with E-state index in [1.807, 2.05) is 52.0 Å². The molecule has 1 heterocycles. The van der Waals surface area contributed by atoms with E-state index in [0.717, 1.165) is 40.6 Å². The van der Waals surface area contributed by atoms with Crippen molar-refractivity contribution < 1.29 is 13.0 Å². The smallest absolute Gasteiger partial charge is 0.268 e. The number of benzene rings is 2. The minimum absolute atomic E-state index is 0.159. The fraction of sp³-hybridized carbons (Fsp3) is 0.462. The summed E-state index contributed by atoms with van der Waals surface area (Å²) >= 11 is -1.26. The average molecular weight is 487 g/mol. The Bertz CT molecular complexity index is 1270. The summed E-state index contributed by atoms with van der Waals surface area (Å²) in [6, 6.07) is 12.9. The number of nitrogens with one attached hydrogen (secondary N) is 1. The van der Waals surface area contributed by atoms with E-state index in [9.17, 15) is 13.0 Å². The van der Waals surface area contributed by atoms with Crippen LogP contribution in [0.2, 0.25) is 0 Å². The highest BCUT2D eigenvalue weighted by Crippen LogP contribution is 2.41. The van der Waals surface area contributed by atoms with Gasteiger partial charge in [0.05, 0.1) is 16.5 Å². The van der Waals surface area contributed by atoms with E-state index in [2.05, 4.69) is 24.6 Å². The Morgan fingerprint density at radius 1 is 1.12 bits per heavy atom. The molecule has 2 aromatic carbocycles. The van der Waals surface area contributed by atoms with E-state index < -0.39 is 26.1 Å². The molecule has 1 aliphatic carbocycles. The zero-order valence-electron chi connectivity index (χ0n) is 20.3. The second-order valence-corrected chi connectivity index (χ2v) is 14.1. The first-order valence-corrected chi connectivity index (χ1v) is 14.2. The van der Waals surface area contributed by atoms with Crippen LogP contribution in [0.3, 0.4) is 0 Å². The first-order chi connectivity index (χ1) is 15.4. The molecule has 0 amide bonds. The van der Waals surface area contributed by atoms with Crippen LogP contribution in [0.25, 0.3) is 10.9 Å². The number of hydrogen-bond donors (Lipinski definition) is 1. The van der Waals surface area contributed by atoms with Crippen molar-refractivity contribution in [2.75, 3.05) is 0 Å². The van der Waals surface area contributed by atoms with Crippen LogP contribution in [0, 0.1) is 6.92 Å². The maximum absolute atomic E-state index is 13.9. The highest BCUT2D eigenvalue weighted by Gasteiger charge is 2.37. The lowest BCUT2D eigenvalue weighted by Gasteiger charge is -2.30. The van der Waals surface area contributed by atoms with Gasteiger partial charge in [-0.1, -0.05) is 37.6 Å². The summed E-state index contributed by atoms with van der Waals surface area (Å²) in [5.41, 5.74) is 4.66. The van der Waals surface area contributed by atoms with Gasteiger partial charge in [-0.25, -0.2) is 12.4 Å². The van der Waals surface area contributed by atoms with E-state index in [-0.39, 0.29) is 10.9 Å². The lowest BCUT2D eigenvalue weighted by atomic mass is 9.90. The van der Waals surface area contributed by atoms with E-state index in [1.54, 1.807) is 16.1 Å². The first-order valence-electron chi connectivity index (χ1n) is 11.6. The number of aryl methyl sites for hydroxylation is 1. The van der Waals surface area contributed by atoms with Gasteiger partial charge in [0.1, 0.15) is 4.75 Å². The van der Waals surface area contributed by atoms with Gasteiger partial charge in [0, 0.05) is 28.0 Å². The topological polar surface area (TPSA) is 74.2 Å². The fourth-order valence-corrected chi connectivity index (χ4v) is 6.91. The van der Waals surface area contributed by atoms with Crippen molar-refractivity contribution in [3.8, 4) is 0 Å². The molecule has 5 nitrogen and oxygen atoms in total. The Morgan fingerprint density at radius 2 is 1.79 bits per heavy atom. The van der Waals surface area contributed by atoms with Gasteiger partial charge in [0.2, 0.25) is 0 Å². The van der Waals surface area contributed by atoms with Crippen molar-refractivity contribution >= 4 is 32.3 Å². The molecule has 1 N–H and O–H groups in total. The van der Waals surface area contributed by atoms with Crippen LogP contribution in [-0.4, -0.2) is 21.7 Å². The van der Waals surface area contributed by atoms with Crippen molar-refractivity contribution in [1.29, 1.82) is 0 Å². The number of aromatic nitrogens is 1. The fourth-order valence-electron chi connectivity index (χ4n) is 4.47. The molecular weight excluding hydrogens is 452 g/mol. The van der Waals surface area contributed by atoms with Gasteiger partial charge < -0.3 is 4.55 Å². The Morgan fingerprint density at radius 3 is 2.39 bits per heavy atom. The van der Waals surface area contributed by atoms with Gasteiger partial charge in [-0.2, -0.15) is 0 Å².